The first-order chi connectivity index (χ1) is 53.9. The monoisotopic (exact) mass is 1360 g/mol. The van der Waals surface area contributed by atoms with Gasteiger partial charge in [0.05, 0.1) is 33.4 Å². The number of anilines is 6. The van der Waals surface area contributed by atoms with E-state index in [1.54, 1.807) is 4.57 Å². The van der Waals surface area contributed by atoms with Crippen molar-refractivity contribution in [1.29, 1.82) is 0 Å². The first kappa shape index (κ1) is 56.8. The molecule has 0 atom stereocenters. The first-order valence-corrected chi connectivity index (χ1v) is 36.7. The molecule has 2 aromatic heterocycles. The minimum absolute atomic E-state index is 0.00341. The van der Waals surface area contributed by atoms with Crippen LogP contribution in [0, 0.1) is 0 Å². The fourth-order valence-electron chi connectivity index (χ4n) is 16.3. The molecule has 16 aromatic rings. The molecular weight excluding hydrogens is 1270 g/mol. The predicted molar refractivity (Wildman–Crippen MR) is 449 cm³/mol. The van der Waals surface area contributed by atoms with E-state index in [0.29, 0.717) is 5.69 Å². The molecule has 5 heteroatoms. The summed E-state index contributed by atoms with van der Waals surface area (Å²) in [5.41, 5.74) is 26.1. The Morgan fingerprint density at radius 3 is 1.17 bits per heavy atom. The predicted octanol–water partition coefficient (Wildman–Crippen LogP) is 26.0. The molecule has 0 saturated carbocycles. The standard InChI is InChI=1S/C100H86BN3O/c1-97(2,3)70-52-68(53-71(57-70)98(4,5)6)67-48-50-83-87(54-67)103(95-79(63-32-17-13-18-33-63)58-72(99(7,8)9)59-80(95)64-34-19-14-20-35-64)89-55-69(75-43-31-47-92-93(75)78-42-27-30-46-91(78)105-92)56-90-94(89)101(83)84-51-49-74(102-85-44-28-25-40-76(85)77-41-26-29-45-86(77)102)62-88(84)104(90)96-81(65-36-21-15-22-37-65)60-73(100(10,11)12)61-82(96)66-38-23-16-24-39-66/h13-62H,1-12H3/i25D,26D,28D,29D,40D,41D,44D,45D. The topological polar surface area (TPSA) is 24.6 Å². The summed E-state index contributed by atoms with van der Waals surface area (Å²) in [4.78, 5) is 5.07. The fourth-order valence-corrected chi connectivity index (χ4v) is 16.3. The minimum atomic E-state index is -0.539. The third-order valence-electron chi connectivity index (χ3n) is 21.8. The molecule has 0 saturated heterocycles. The van der Waals surface area contributed by atoms with Gasteiger partial charge in [-0.25, -0.2) is 0 Å². The number of fused-ring (bicyclic) bond motifs is 10. The molecule has 18 rings (SSSR count). The number of hydrogen-bond acceptors (Lipinski definition) is 3. The van der Waals surface area contributed by atoms with Crippen LogP contribution in [-0.2, 0) is 21.7 Å². The van der Waals surface area contributed by atoms with Crippen LogP contribution in [0.2, 0.25) is 0 Å². The van der Waals surface area contributed by atoms with Crippen molar-refractivity contribution in [2.75, 3.05) is 9.80 Å². The van der Waals surface area contributed by atoms with Crippen LogP contribution < -0.4 is 26.2 Å². The number of aromatic nitrogens is 1. The molecule has 105 heavy (non-hydrogen) atoms. The van der Waals surface area contributed by atoms with E-state index < -0.39 is 43.0 Å². The Hall–Kier alpha value is -11.7. The fraction of sp³-hybridized carbons (Fsp3) is 0.160. The van der Waals surface area contributed by atoms with E-state index in [2.05, 4.69) is 329 Å². The van der Waals surface area contributed by atoms with Gasteiger partial charge in [-0.3, -0.25) is 0 Å². The maximum atomic E-state index is 9.93. The largest absolute Gasteiger partial charge is 0.456 e. The van der Waals surface area contributed by atoms with Crippen LogP contribution in [0.4, 0.5) is 34.1 Å². The van der Waals surface area contributed by atoms with Crippen LogP contribution in [0.1, 0.15) is 116 Å². The highest BCUT2D eigenvalue weighted by molar-refractivity contribution is 7.00. The van der Waals surface area contributed by atoms with Gasteiger partial charge in [-0.05, 0) is 184 Å². The van der Waals surface area contributed by atoms with Gasteiger partial charge < -0.3 is 18.8 Å². The van der Waals surface area contributed by atoms with Crippen LogP contribution in [0.15, 0.2) is 308 Å². The Morgan fingerprint density at radius 2 is 0.705 bits per heavy atom. The summed E-state index contributed by atoms with van der Waals surface area (Å²) >= 11 is 0. The average Bonchev–Trinajstić information content (AvgIpc) is 0.821. The van der Waals surface area contributed by atoms with Gasteiger partial charge in [-0.1, -0.05) is 307 Å². The van der Waals surface area contributed by atoms with Gasteiger partial charge in [0.15, 0.2) is 0 Å². The third-order valence-corrected chi connectivity index (χ3v) is 21.8. The summed E-state index contributed by atoms with van der Waals surface area (Å²) < 4.78 is 84.7. The van der Waals surface area contributed by atoms with Gasteiger partial charge in [0, 0.05) is 72.2 Å². The highest BCUT2D eigenvalue weighted by atomic mass is 16.3. The van der Waals surface area contributed by atoms with Crippen molar-refractivity contribution < 1.29 is 15.4 Å². The van der Waals surface area contributed by atoms with Crippen molar-refractivity contribution in [3.05, 3.63) is 325 Å². The number of furan rings is 1. The van der Waals surface area contributed by atoms with Crippen LogP contribution in [-0.4, -0.2) is 11.3 Å². The molecule has 4 heterocycles. The van der Waals surface area contributed by atoms with Crippen LogP contribution in [0.25, 0.3) is 116 Å². The van der Waals surface area contributed by atoms with Crippen molar-refractivity contribution >= 4 is 101 Å². The minimum Gasteiger partial charge on any atom is -0.456 e. The Kier molecular flexibility index (Phi) is 13.3. The average molecular weight is 1360 g/mol. The highest BCUT2D eigenvalue weighted by Crippen LogP contribution is 2.56. The second-order valence-corrected chi connectivity index (χ2v) is 32.7. The SMILES string of the molecule is [2H]c1c([2H])c([2H])c2c(c1[2H])c1c([2H])c([2H])c([2H])c([2H])c1n2-c1ccc2c(c1)N(c1c(-c3ccccc3)cc(C(C)(C)C)cc1-c1ccccc1)c1cc(-c3cccc4oc5ccccc5c34)cc3c1B2c1ccc(-c2cc(C(C)(C)C)cc(C(C)(C)C)c2)cc1N3c1c(-c2ccccc2)cc(C(C)(C)C)cc1-c1ccccc1. The lowest BCUT2D eigenvalue weighted by atomic mass is 9.33. The van der Waals surface area contributed by atoms with E-state index in [9.17, 15) is 8.22 Å². The zero-order chi connectivity index (χ0) is 79.0. The molecule has 0 spiro atoms. The zero-order valence-corrected chi connectivity index (χ0v) is 61.6. The van der Waals surface area contributed by atoms with E-state index in [0.717, 1.165) is 145 Å². The van der Waals surface area contributed by atoms with Crippen molar-refractivity contribution in [3.63, 3.8) is 0 Å². The molecule has 0 bridgehead atoms. The summed E-state index contributed by atoms with van der Waals surface area (Å²) in [5.74, 6) is 0. The lowest BCUT2D eigenvalue weighted by Gasteiger charge is -2.46. The number of nitrogens with zero attached hydrogens (tertiary/aromatic N) is 3. The van der Waals surface area contributed by atoms with E-state index >= 15 is 0 Å². The lowest BCUT2D eigenvalue weighted by Crippen LogP contribution is -2.61. The Balaban J connectivity index is 1.08. The number of rotatable bonds is 9. The van der Waals surface area contributed by atoms with Crippen LogP contribution in [0.5, 0.6) is 0 Å². The molecule has 0 aliphatic carbocycles. The van der Waals surface area contributed by atoms with Gasteiger partial charge in [0.2, 0.25) is 0 Å². The molecule has 0 unspecified atom stereocenters. The van der Waals surface area contributed by atoms with Gasteiger partial charge in [-0.15, -0.1) is 0 Å². The molecule has 14 aromatic carbocycles. The zero-order valence-electron chi connectivity index (χ0n) is 69.6. The van der Waals surface area contributed by atoms with Crippen LogP contribution >= 0.6 is 0 Å². The molecule has 0 N–H and O–H groups in total. The second-order valence-electron chi connectivity index (χ2n) is 32.7. The Morgan fingerprint density at radius 1 is 0.305 bits per heavy atom. The van der Waals surface area contributed by atoms with E-state index in [1.165, 1.54) is 16.7 Å². The van der Waals surface area contributed by atoms with Crippen LogP contribution in [0.3, 0.4) is 0 Å². The van der Waals surface area contributed by atoms with Gasteiger partial charge >= 0.3 is 0 Å². The molecule has 4 nitrogen and oxygen atoms in total. The molecule has 2 aliphatic heterocycles. The maximum Gasteiger partial charge on any atom is 0.252 e. The van der Waals surface area contributed by atoms with Gasteiger partial charge in [0.25, 0.3) is 6.71 Å². The quantitative estimate of drug-likeness (QED) is 0.135. The molecule has 0 fully saturated rings. The van der Waals surface area contributed by atoms with Crippen molar-refractivity contribution in [2.45, 2.75) is 105 Å². The first-order valence-electron chi connectivity index (χ1n) is 40.7. The normalized spacial score (nSPS) is 14.2. The number of para-hydroxylation sites is 3. The molecular formula is C100H86BN3O. The number of benzene rings is 14. The Labute approximate surface area is 629 Å². The van der Waals surface area contributed by atoms with Crippen molar-refractivity contribution in [3.8, 4) is 72.4 Å². The molecule has 0 amide bonds. The number of hydrogen-bond donors (Lipinski definition) is 0. The molecule has 0 radical (unpaired) electrons. The van der Waals surface area contributed by atoms with Gasteiger partial charge in [-0.2, -0.15) is 0 Å². The smallest absolute Gasteiger partial charge is 0.252 e. The Bertz CT molecular complexity index is 6410. The molecule has 510 valence electrons. The van der Waals surface area contributed by atoms with Crippen molar-refractivity contribution in [1.82, 2.24) is 4.57 Å². The summed E-state index contributed by atoms with van der Waals surface area (Å²) in [6, 6.07) is 89.1. The van der Waals surface area contributed by atoms with E-state index in [4.69, 9.17) is 7.16 Å². The van der Waals surface area contributed by atoms with Gasteiger partial charge in [0.1, 0.15) is 11.2 Å². The maximum absolute atomic E-state index is 9.93. The lowest BCUT2D eigenvalue weighted by molar-refractivity contribution is 0.569. The summed E-state index contributed by atoms with van der Waals surface area (Å²) in [6.07, 6.45) is 0. The summed E-state index contributed by atoms with van der Waals surface area (Å²) in [5, 5.41) is 1.94. The highest BCUT2D eigenvalue weighted by Gasteiger charge is 2.46. The summed E-state index contributed by atoms with van der Waals surface area (Å²) in [6.45, 7) is 26.9. The third kappa shape index (κ3) is 11.0. The van der Waals surface area contributed by atoms with E-state index in [-0.39, 0.29) is 55.6 Å². The summed E-state index contributed by atoms with van der Waals surface area (Å²) in [7, 11) is 0. The van der Waals surface area contributed by atoms with Crippen molar-refractivity contribution in [2.24, 2.45) is 0 Å². The molecule has 2 aliphatic rings. The van der Waals surface area contributed by atoms with E-state index in [1.807, 2.05) is 18.2 Å². The second kappa shape index (κ2) is 24.5.